The molecule has 0 radical (unpaired) electrons. The van der Waals surface area contributed by atoms with E-state index in [1.165, 1.54) is 14.0 Å². The third kappa shape index (κ3) is 11.9. The molecule has 1 aliphatic heterocycles. The SMILES string of the molecule is CO[C@H]1C(OP(=O)(O)OC)[C@@H](COC(=O)OCc2ccccc2)C[C@@H]1NC(=O)NCCCCO[C@@H]1O[C@H](CO)[C@H](O)[C@H](O)[C@H]1NC(C)=O. The molecule has 2 aliphatic rings. The Balaban J connectivity index is 1.47. The molecule has 272 valence electrons. The molecule has 1 saturated heterocycles. The number of hydrogen-bond donors (Lipinski definition) is 7. The lowest BCUT2D eigenvalue weighted by Gasteiger charge is -2.42. The van der Waals surface area contributed by atoms with E-state index >= 15 is 0 Å². The standard InChI is InChI=1S/C29H46N3O15P/c1-17(34)31-22-24(36)23(35)21(14-33)46-27(22)43-12-8-7-11-30-28(37)32-20-13-19(25(26(20)41-2)47-48(39,40)42-3)16-45-29(38)44-15-18-9-5-4-6-10-18/h4-6,9-10,19-27,33,35-36H,7-8,11-16H2,1-3H3,(H,31,34)(H,39,40)(H2,30,32,37)/t19-,20+,21-,22-,23+,24-,25?,26-,27-/m1/s1. The number of ether oxygens (including phenoxy) is 5. The minimum atomic E-state index is -4.49. The van der Waals surface area contributed by atoms with Crippen LogP contribution < -0.4 is 16.0 Å². The first-order valence-electron chi connectivity index (χ1n) is 15.4. The Morgan fingerprint density at radius 3 is 2.40 bits per heavy atom. The van der Waals surface area contributed by atoms with Crippen LogP contribution in [0.5, 0.6) is 0 Å². The normalized spacial score (nSPS) is 29.8. The molecule has 18 nitrogen and oxygen atoms in total. The van der Waals surface area contributed by atoms with Crippen LogP contribution in [-0.2, 0) is 48.7 Å². The zero-order valence-electron chi connectivity index (χ0n) is 27.0. The highest BCUT2D eigenvalue weighted by Gasteiger charge is 2.49. The maximum atomic E-state index is 12.7. The number of benzene rings is 1. The van der Waals surface area contributed by atoms with Gasteiger partial charge in [0, 0.05) is 40.2 Å². The van der Waals surface area contributed by atoms with E-state index in [2.05, 4.69) is 20.5 Å². The van der Waals surface area contributed by atoms with Crippen LogP contribution in [0.2, 0.25) is 0 Å². The highest BCUT2D eigenvalue weighted by molar-refractivity contribution is 7.47. The highest BCUT2D eigenvalue weighted by Crippen LogP contribution is 2.48. The molecule has 7 N–H and O–H groups in total. The van der Waals surface area contributed by atoms with E-state index in [-0.39, 0.29) is 32.8 Å². The fourth-order valence-corrected chi connectivity index (χ4v) is 6.12. The molecule has 0 aromatic heterocycles. The Hall–Kier alpha value is -2.90. The number of aliphatic hydroxyl groups excluding tert-OH is 3. The molecule has 19 heteroatoms. The van der Waals surface area contributed by atoms with Crippen molar-refractivity contribution in [1.82, 2.24) is 16.0 Å². The Kier molecular flexibility index (Phi) is 15.9. The van der Waals surface area contributed by atoms with Crippen LogP contribution in [0.3, 0.4) is 0 Å². The van der Waals surface area contributed by atoms with E-state index in [0.29, 0.717) is 12.8 Å². The zero-order chi connectivity index (χ0) is 35.3. The number of carbonyl (C=O) groups excluding carboxylic acids is 3. The zero-order valence-corrected chi connectivity index (χ0v) is 27.9. The first-order chi connectivity index (χ1) is 22.9. The molecule has 2 unspecified atom stereocenters. The maximum Gasteiger partial charge on any atom is 0.508 e. The number of hydrogen-bond acceptors (Lipinski definition) is 14. The number of nitrogens with one attached hydrogen (secondary N) is 3. The van der Waals surface area contributed by atoms with Crippen LogP contribution in [-0.4, -0.2) is 128 Å². The number of urea groups is 1. The van der Waals surface area contributed by atoms with Gasteiger partial charge in [0.15, 0.2) is 6.29 Å². The molecular formula is C29H46N3O15P. The molecule has 3 amide bonds. The van der Waals surface area contributed by atoms with Crippen LogP contribution in [0, 0.1) is 5.92 Å². The van der Waals surface area contributed by atoms with Gasteiger partial charge < -0.3 is 59.8 Å². The molecule has 1 heterocycles. The van der Waals surface area contributed by atoms with Crippen molar-refractivity contribution in [3.8, 4) is 0 Å². The van der Waals surface area contributed by atoms with E-state index in [0.717, 1.165) is 12.7 Å². The predicted molar refractivity (Wildman–Crippen MR) is 164 cm³/mol. The van der Waals surface area contributed by atoms with Gasteiger partial charge in [0.25, 0.3) is 0 Å². The summed E-state index contributed by atoms with van der Waals surface area (Å²) < 4.78 is 49.3. The predicted octanol–water partition coefficient (Wildman–Crippen LogP) is -0.0850. The first-order valence-corrected chi connectivity index (χ1v) is 16.9. The lowest BCUT2D eigenvalue weighted by Crippen LogP contribution is -2.64. The summed E-state index contributed by atoms with van der Waals surface area (Å²) in [6.45, 7) is 0.721. The smallest absolute Gasteiger partial charge is 0.434 e. The Morgan fingerprint density at radius 1 is 1.02 bits per heavy atom. The van der Waals surface area contributed by atoms with Crippen molar-refractivity contribution in [2.75, 3.05) is 40.6 Å². The molecule has 2 fully saturated rings. The number of rotatable bonds is 17. The Morgan fingerprint density at radius 2 is 1.75 bits per heavy atom. The lowest BCUT2D eigenvalue weighted by molar-refractivity contribution is -0.270. The first kappa shape index (κ1) is 39.5. The van der Waals surface area contributed by atoms with Crippen LogP contribution in [0.1, 0.15) is 31.7 Å². The number of carbonyl (C=O) groups is 3. The van der Waals surface area contributed by atoms with Crippen molar-refractivity contribution in [3.63, 3.8) is 0 Å². The third-order valence-corrected chi connectivity index (χ3v) is 8.79. The maximum absolute atomic E-state index is 12.7. The number of unbranched alkanes of at least 4 members (excludes halogenated alkanes) is 1. The number of aliphatic hydroxyl groups is 3. The van der Waals surface area contributed by atoms with Gasteiger partial charge in [-0.1, -0.05) is 30.3 Å². The van der Waals surface area contributed by atoms with Crippen molar-refractivity contribution in [2.45, 2.75) is 81.7 Å². The molecule has 1 aromatic rings. The number of phosphoric acid groups is 1. The molecule has 10 atom stereocenters. The molecule has 48 heavy (non-hydrogen) atoms. The minimum Gasteiger partial charge on any atom is -0.434 e. The van der Waals surface area contributed by atoms with Crippen molar-refractivity contribution >= 4 is 25.9 Å². The summed E-state index contributed by atoms with van der Waals surface area (Å²) >= 11 is 0. The second-order valence-corrected chi connectivity index (χ2v) is 12.8. The number of methoxy groups -OCH3 is 1. The van der Waals surface area contributed by atoms with E-state index in [1.807, 2.05) is 6.07 Å². The molecule has 3 rings (SSSR count). The molecule has 1 aliphatic carbocycles. The van der Waals surface area contributed by atoms with Gasteiger partial charge in [-0.2, -0.15) is 0 Å². The van der Waals surface area contributed by atoms with Gasteiger partial charge in [0.2, 0.25) is 5.91 Å². The third-order valence-electron chi connectivity index (χ3n) is 7.82. The summed E-state index contributed by atoms with van der Waals surface area (Å²) in [6.07, 6.45) is -6.99. The second-order valence-electron chi connectivity index (χ2n) is 11.3. The quantitative estimate of drug-likeness (QED) is 0.0635. The molecular weight excluding hydrogens is 661 g/mol. The topological polar surface area (TPSA) is 250 Å². The van der Waals surface area contributed by atoms with E-state index in [1.54, 1.807) is 24.3 Å². The number of amides is 3. The van der Waals surface area contributed by atoms with Crippen LogP contribution in [0.25, 0.3) is 0 Å². The summed E-state index contributed by atoms with van der Waals surface area (Å²) in [7, 11) is -2.15. The largest absolute Gasteiger partial charge is 0.508 e. The second kappa shape index (κ2) is 19.3. The monoisotopic (exact) mass is 707 g/mol. The van der Waals surface area contributed by atoms with Crippen LogP contribution in [0.4, 0.5) is 9.59 Å². The summed E-state index contributed by atoms with van der Waals surface area (Å²) in [5, 5.41) is 37.8. The van der Waals surface area contributed by atoms with E-state index in [4.69, 9.17) is 28.2 Å². The van der Waals surface area contributed by atoms with Gasteiger partial charge in [0.05, 0.1) is 12.6 Å². The summed E-state index contributed by atoms with van der Waals surface area (Å²) in [4.78, 5) is 46.5. The molecule has 1 saturated carbocycles. The highest BCUT2D eigenvalue weighted by atomic mass is 31.2. The van der Waals surface area contributed by atoms with Gasteiger partial charge in [-0.05, 0) is 24.8 Å². The van der Waals surface area contributed by atoms with Crippen molar-refractivity contribution < 1.29 is 71.9 Å². The van der Waals surface area contributed by atoms with Crippen molar-refractivity contribution in [3.05, 3.63) is 35.9 Å². The molecule has 1 aromatic carbocycles. The van der Waals surface area contributed by atoms with Gasteiger partial charge in [-0.25, -0.2) is 14.2 Å². The van der Waals surface area contributed by atoms with Gasteiger partial charge in [-0.15, -0.1) is 0 Å². The van der Waals surface area contributed by atoms with E-state index in [9.17, 15) is 39.2 Å². The summed E-state index contributed by atoms with van der Waals surface area (Å²) in [6, 6.07) is 6.64. The van der Waals surface area contributed by atoms with Crippen molar-refractivity contribution in [2.24, 2.45) is 5.92 Å². The average molecular weight is 708 g/mol. The summed E-state index contributed by atoms with van der Waals surface area (Å²) in [5.74, 6) is -1.15. The van der Waals surface area contributed by atoms with Crippen LogP contribution in [0.15, 0.2) is 30.3 Å². The van der Waals surface area contributed by atoms with Gasteiger partial charge >= 0.3 is 20.0 Å². The summed E-state index contributed by atoms with van der Waals surface area (Å²) in [5.41, 5.74) is 0.755. The molecule has 0 bridgehead atoms. The van der Waals surface area contributed by atoms with Gasteiger partial charge in [-0.3, -0.25) is 13.8 Å². The minimum absolute atomic E-state index is 0.0135. The lowest BCUT2D eigenvalue weighted by atomic mass is 9.97. The van der Waals surface area contributed by atoms with E-state index < -0.39 is 87.3 Å². The van der Waals surface area contributed by atoms with Crippen molar-refractivity contribution in [1.29, 1.82) is 0 Å². The molecule has 0 spiro atoms. The number of phosphoric ester groups is 1. The fraction of sp³-hybridized carbons (Fsp3) is 0.690. The Labute approximate surface area is 277 Å². The average Bonchev–Trinajstić information content (AvgIpc) is 3.38. The van der Waals surface area contributed by atoms with Crippen LogP contribution >= 0.6 is 7.82 Å². The fourth-order valence-electron chi connectivity index (χ4n) is 5.43. The Bertz CT molecular complexity index is 1210. The van der Waals surface area contributed by atoms with Gasteiger partial charge in [0.1, 0.15) is 49.8 Å².